The topological polar surface area (TPSA) is 64.6 Å². The smallest absolute Gasteiger partial charge is 0.409 e. The van der Waals surface area contributed by atoms with Crippen LogP contribution in [0.3, 0.4) is 0 Å². The normalized spacial score (nSPS) is 12.1. The van der Waals surface area contributed by atoms with Gasteiger partial charge in [-0.1, -0.05) is 25.4 Å². The van der Waals surface area contributed by atoms with Gasteiger partial charge in [0.1, 0.15) is 6.04 Å². The Balaban J connectivity index is 4.30. The molecule has 1 N–H and O–H groups in total. The van der Waals surface area contributed by atoms with Crippen molar-refractivity contribution < 1.29 is 19.1 Å². The number of hydrogen-bond acceptors (Lipinski definition) is 4. The molecule has 94 valence electrons. The Morgan fingerprint density at radius 1 is 1.31 bits per heavy atom. The molecule has 0 saturated heterocycles. The highest BCUT2D eigenvalue weighted by molar-refractivity contribution is 6.17. The molecule has 0 unspecified atom stereocenters. The largest absolute Gasteiger partial charge is 0.464 e. The van der Waals surface area contributed by atoms with E-state index in [1.807, 2.05) is 13.8 Å². The lowest BCUT2D eigenvalue weighted by Gasteiger charge is -2.18. The molecular weight excluding hydrogens is 234 g/mol. The Labute approximate surface area is 100 Å². The summed E-state index contributed by atoms with van der Waals surface area (Å²) in [7, 11) is 0. The monoisotopic (exact) mass is 251 g/mol. The fourth-order valence-electron chi connectivity index (χ4n) is 1.16. The highest BCUT2D eigenvalue weighted by Crippen LogP contribution is 2.06. The number of ether oxygens (including phenoxy) is 2. The number of amides is 1. The third-order valence-corrected chi connectivity index (χ3v) is 1.87. The van der Waals surface area contributed by atoms with Crippen molar-refractivity contribution in [2.75, 3.05) is 12.7 Å². The van der Waals surface area contributed by atoms with Gasteiger partial charge in [-0.2, -0.15) is 0 Å². The summed E-state index contributed by atoms with van der Waals surface area (Å²) < 4.78 is 9.33. The van der Waals surface area contributed by atoms with Crippen LogP contribution >= 0.6 is 11.6 Å². The summed E-state index contributed by atoms with van der Waals surface area (Å²) in [6, 6.07) is -0.932. The van der Waals surface area contributed by atoms with Crippen LogP contribution in [0.2, 0.25) is 0 Å². The Morgan fingerprint density at radius 2 is 1.94 bits per heavy atom. The third-order valence-electron chi connectivity index (χ3n) is 1.76. The van der Waals surface area contributed by atoms with Gasteiger partial charge >= 0.3 is 12.1 Å². The zero-order chi connectivity index (χ0) is 12.6. The molecule has 0 fully saturated rings. The van der Waals surface area contributed by atoms with Crippen LogP contribution in [0.5, 0.6) is 0 Å². The number of hydrogen-bond donors (Lipinski definition) is 1. The predicted molar refractivity (Wildman–Crippen MR) is 60.2 cm³/mol. The Morgan fingerprint density at radius 3 is 2.38 bits per heavy atom. The summed E-state index contributed by atoms with van der Waals surface area (Å²) in [4.78, 5) is 22.6. The molecule has 16 heavy (non-hydrogen) atoms. The number of carbonyl (C=O) groups is 2. The van der Waals surface area contributed by atoms with Gasteiger partial charge in [0.05, 0.1) is 6.61 Å². The maximum absolute atomic E-state index is 11.5. The number of rotatable bonds is 6. The minimum Gasteiger partial charge on any atom is -0.464 e. The van der Waals surface area contributed by atoms with Gasteiger partial charge in [-0.25, -0.2) is 9.59 Å². The summed E-state index contributed by atoms with van der Waals surface area (Å²) in [6.07, 6.45) is -0.218. The number of alkyl carbamates (subject to hydrolysis) is 1. The van der Waals surface area contributed by atoms with E-state index in [1.54, 1.807) is 6.92 Å². The number of esters is 1. The average Bonchev–Trinajstić information content (AvgIpc) is 2.16. The summed E-state index contributed by atoms with van der Waals surface area (Å²) >= 11 is 5.23. The fourth-order valence-corrected chi connectivity index (χ4v) is 1.26. The molecule has 0 aliphatic rings. The molecule has 1 amide bonds. The van der Waals surface area contributed by atoms with Crippen molar-refractivity contribution in [1.29, 1.82) is 0 Å². The first-order valence-electron chi connectivity index (χ1n) is 5.17. The molecule has 6 heteroatoms. The van der Waals surface area contributed by atoms with Gasteiger partial charge in [-0.15, -0.1) is 0 Å². The molecule has 0 bridgehead atoms. The lowest BCUT2D eigenvalue weighted by atomic mass is 10.0. The van der Waals surface area contributed by atoms with Crippen LogP contribution in [0.25, 0.3) is 0 Å². The number of nitrogens with one attached hydrogen (secondary N) is 1. The molecule has 0 aliphatic carbocycles. The van der Waals surface area contributed by atoms with Gasteiger partial charge in [-0.3, -0.25) is 0 Å². The first-order valence-corrected chi connectivity index (χ1v) is 5.70. The van der Waals surface area contributed by atoms with Crippen LogP contribution in [0.15, 0.2) is 0 Å². The highest BCUT2D eigenvalue weighted by Gasteiger charge is 2.23. The molecule has 5 nitrogen and oxygen atoms in total. The van der Waals surface area contributed by atoms with E-state index in [9.17, 15) is 9.59 Å². The van der Waals surface area contributed by atoms with Crippen molar-refractivity contribution in [2.45, 2.75) is 33.2 Å². The maximum Gasteiger partial charge on any atom is 0.409 e. The van der Waals surface area contributed by atoms with E-state index in [0.717, 1.165) is 0 Å². The minimum atomic E-state index is -0.714. The van der Waals surface area contributed by atoms with Crippen molar-refractivity contribution >= 4 is 23.7 Å². The molecule has 0 aliphatic heterocycles. The molecule has 0 spiro atoms. The van der Waals surface area contributed by atoms with E-state index in [2.05, 4.69) is 10.1 Å². The Bertz CT molecular complexity index is 233. The van der Waals surface area contributed by atoms with Gasteiger partial charge in [-0.05, 0) is 19.3 Å². The standard InChI is InChI=1S/C10H18ClNO4/c1-4-15-9(13)8(5-7(2)3)12-10(14)16-6-11/h7-8H,4-6H2,1-3H3,(H,12,14)/t8-/m1/s1. The van der Waals surface area contributed by atoms with E-state index in [-0.39, 0.29) is 18.6 Å². The first kappa shape index (κ1) is 15.0. The van der Waals surface area contributed by atoms with Gasteiger partial charge in [0.25, 0.3) is 0 Å². The van der Waals surface area contributed by atoms with Crippen LogP contribution in [-0.4, -0.2) is 30.8 Å². The van der Waals surface area contributed by atoms with Crippen molar-refractivity contribution in [3.63, 3.8) is 0 Å². The second-order valence-corrected chi connectivity index (χ2v) is 3.84. The van der Waals surface area contributed by atoms with Gasteiger partial charge < -0.3 is 14.8 Å². The van der Waals surface area contributed by atoms with Gasteiger partial charge in [0.15, 0.2) is 6.07 Å². The van der Waals surface area contributed by atoms with E-state index < -0.39 is 18.1 Å². The summed E-state index contributed by atoms with van der Waals surface area (Å²) in [6.45, 7) is 5.88. The Hall–Kier alpha value is -0.970. The molecule has 0 rings (SSSR count). The van der Waals surface area contributed by atoms with Crippen LogP contribution in [-0.2, 0) is 14.3 Å². The quantitative estimate of drug-likeness (QED) is 0.578. The first-order chi connectivity index (χ1) is 7.51. The van der Waals surface area contributed by atoms with Crippen molar-refractivity contribution in [3.8, 4) is 0 Å². The molecule has 0 saturated carbocycles. The van der Waals surface area contributed by atoms with Crippen LogP contribution in [0, 0.1) is 5.92 Å². The zero-order valence-electron chi connectivity index (χ0n) is 9.79. The molecule has 0 aromatic rings. The van der Waals surface area contributed by atoms with Crippen LogP contribution in [0.4, 0.5) is 4.79 Å². The average molecular weight is 252 g/mol. The van der Waals surface area contributed by atoms with E-state index in [1.165, 1.54) is 0 Å². The molecule has 1 atom stereocenters. The number of carbonyl (C=O) groups excluding carboxylic acids is 2. The predicted octanol–water partition coefficient (Wildman–Crippen LogP) is 1.89. The van der Waals surface area contributed by atoms with E-state index >= 15 is 0 Å². The lowest BCUT2D eigenvalue weighted by molar-refractivity contribution is -0.145. The summed E-state index contributed by atoms with van der Waals surface area (Å²) in [5.74, 6) is -0.201. The number of halogens is 1. The molecule has 0 aromatic heterocycles. The molecule has 0 aromatic carbocycles. The van der Waals surface area contributed by atoms with Gasteiger partial charge in [0.2, 0.25) is 0 Å². The Kier molecular flexibility index (Phi) is 7.72. The fraction of sp³-hybridized carbons (Fsp3) is 0.800. The van der Waals surface area contributed by atoms with Crippen LogP contribution < -0.4 is 5.32 Å². The molecular formula is C10H18ClNO4. The molecule has 0 heterocycles. The minimum absolute atomic E-state index is 0.247. The second-order valence-electron chi connectivity index (χ2n) is 3.62. The number of alkyl halides is 1. The van der Waals surface area contributed by atoms with Gasteiger partial charge in [0, 0.05) is 0 Å². The lowest BCUT2D eigenvalue weighted by Crippen LogP contribution is -2.42. The van der Waals surface area contributed by atoms with E-state index in [4.69, 9.17) is 16.3 Å². The van der Waals surface area contributed by atoms with Crippen molar-refractivity contribution in [3.05, 3.63) is 0 Å². The SMILES string of the molecule is CCOC(=O)[C@@H](CC(C)C)NC(=O)OCCl. The summed E-state index contributed by atoms with van der Waals surface area (Å²) in [5, 5.41) is 2.41. The van der Waals surface area contributed by atoms with Crippen LogP contribution in [0.1, 0.15) is 27.2 Å². The molecule has 0 radical (unpaired) electrons. The zero-order valence-corrected chi connectivity index (χ0v) is 10.5. The highest BCUT2D eigenvalue weighted by atomic mass is 35.5. The second kappa shape index (κ2) is 8.21. The van der Waals surface area contributed by atoms with Crippen molar-refractivity contribution in [1.82, 2.24) is 5.32 Å². The maximum atomic E-state index is 11.5. The third kappa shape index (κ3) is 6.50. The summed E-state index contributed by atoms with van der Waals surface area (Å²) in [5.41, 5.74) is 0. The van der Waals surface area contributed by atoms with Crippen molar-refractivity contribution in [2.24, 2.45) is 5.92 Å². The van der Waals surface area contributed by atoms with E-state index in [0.29, 0.717) is 6.42 Å².